The molecule has 1 aliphatic heterocycles. The zero-order chi connectivity index (χ0) is 18.1. The second kappa shape index (κ2) is 6.88. The highest BCUT2D eigenvalue weighted by molar-refractivity contribution is 5.98. The second-order valence-electron chi connectivity index (χ2n) is 6.60. The zero-order valence-corrected chi connectivity index (χ0v) is 14.1. The standard InChI is InChI=1S/C20H19F2N3O/c21-13-4-6-15-17(11-24-19(15)9-13)12-3-5-16(18(22)8-12)20(26)25-14-2-1-7-23-10-14/h3-6,8-9,11,14,23-24H,1-2,7,10H2,(H,25,26)/t14-/m0/s1. The monoisotopic (exact) mass is 355 g/mol. The van der Waals surface area contributed by atoms with Gasteiger partial charge >= 0.3 is 0 Å². The van der Waals surface area contributed by atoms with Gasteiger partial charge in [-0.3, -0.25) is 4.79 Å². The third kappa shape index (κ3) is 3.20. The summed E-state index contributed by atoms with van der Waals surface area (Å²) in [6, 6.07) is 9.01. The van der Waals surface area contributed by atoms with E-state index in [0.717, 1.165) is 30.3 Å². The number of halogens is 2. The van der Waals surface area contributed by atoms with Crippen molar-refractivity contribution in [1.29, 1.82) is 0 Å². The maximum absolute atomic E-state index is 14.6. The van der Waals surface area contributed by atoms with E-state index >= 15 is 0 Å². The SMILES string of the molecule is O=C(N[C@H]1CCCNC1)c1ccc(-c2c[nH]c3cc(F)ccc23)cc1F. The molecule has 1 amide bonds. The van der Waals surface area contributed by atoms with Crippen molar-refractivity contribution in [1.82, 2.24) is 15.6 Å². The summed E-state index contributed by atoms with van der Waals surface area (Å²) >= 11 is 0. The van der Waals surface area contributed by atoms with Crippen molar-refractivity contribution in [2.45, 2.75) is 18.9 Å². The van der Waals surface area contributed by atoms with Crippen LogP contribution in [0, 0.1) is 11.6 Å². The molecule has 0 bridgehead atoms. The molecule has 26 heavy (non-hydrogen) atoms. The number of aromatic nitrogens is 1. The Balaban J connectivity index is 1.59. The van der Waals surface area contributed by atoms with E-state index in [1.807, 2.05) is 0 Å². The number of hydrogen-bond acceptors (Lipinski definition) is 2. The van der Waals surface area contributed by atoms with E-state index in [0.29, 0.717) is 17.6 Å². The number of amides is 1. The molecule has 1 saturated heterocycles. The Kier molecular flexibility index (Phi) is 4.42. The normalized spacial score (nSPS) is 17.4. The molecular formula is C20H19F2N3O. The zero-order valence-electron chi connectivity index (χ0n) is 14.1. The summed E-state index contributed by atoms with van der Waals surface area (Å²) in [6.07, 6.45) is 3.60. The van der Waals surface area contributed by atoms with E-state index in [9.17, 15) is 13.6 Å². The smallest absolute Gasteiger partial charge is 0.254 e. The van der Waals surface area contributed by atoms with Crippen LogP contribution in [0.3, 0.4) is 0 Å². The van der Waals surface area contributed by atoms with Crippen LogP contribution in [0.5, 0.6) is 0 Å². The first-order valence-corrected chi connectivity index (χ1v) is 8.70. The predicted molar refractivity (Wildman–Crippen MR) is 97.0 cm³/mol. The highest BCUT2D eigenvalue weighted by Crippen LogP contribution is 2.30. The molecule has 4 rings (SSSR count). The summed E-state index contributed by atoms with van der Waals surface area (Å²) in [5.41, 5.74) is 2.08. The second-order valence-corrected chi connectivity index (χ2v) is 6.60. The lowest BCUT2D eigenvalue weighted by Gasteiger charge is -2.23. The van der Waals surface area contributed by atoms with Gasteiger partial charge in [0.05, 0.1) is 5.56 Å². The fourth-order valence-corrected chi connectivity index (χ4v) is 3.44. The van der Waals surface area contributed by atoms with Crippen LogP contribution in [0.1, 0.15) is 23.2 Å². The van der Waals surface area contributed by atoms with Crippen molar-refractivity contribution in [3.05, 3.63) is 59.8 Å². The predicted octanol–water partition coefficient (Wildman–Crippen LogP) is 3.59. The molecule has 1 atom stereocenters. The Hall–Kier alpha value is -2.73. The van der Waals surface area contributed by atoms with Crippen molar-refractivity contribution in [3.8, 4) is 11.1 Å². The Morgan fingerprint density at radius 2 is 2.04 bits per heavy atom. The number of H-pyrrole nitrogens is 1. The maximum Gasteiger partial charge on any atom is 0.254 e. The molecule has 0 aliphatic carbocycles. The Morgan fingerprint density at radius 1 is 1.15 bits per heavy atom. The van der Waals surface area contributed by atoms with Gasteiger partial charge in [-0.05, 0) is 55.3 Å². The van der Waals surface area contributed by atoms with Crippen molar-refractivity contribution >= 4 is 16.8 Å². The first-order chi connectivity index (χ1) is 12.6. The van der Waals surface area contributed by atoms with Gasteiger partial charge in [0.2, 0.25) is 0 Å². The van der Waals surface area contributed by atoms with Gasteiger partial charge in [-0.15, -0.1) is 0 Å². The molecule has 1 fully saturated rings. The van der Waals surface area contributed by atoms with E-state index in [1.54, 1.807) is 18.3 Å². The van der Waals surface area contributed by atoms with Crippen LogP contribution in [0.15, 0.2) is 42.6 Å². The van der Waals surface area contributed by atoms with Crippen LogP contribution in [-0.4, -0.2) is 30.0 Å². The minimum Gasteiger partial charge on any atom is -0.360 e. The summed E-state index contributed by atoms with van der Waals surface area (Å²) < 4.78 is 27.9. The number of aromatic amines is 1. The molecule has 2 heterocycles. The summed E-state index contributed by atoms with van der Waals surface area (Å²) in [6.45, 7) is 1.65. The fourth-order valence-electron chi connectivity index (χ4n) is 3.44. The molecule has 0 spiro atoms. The first kappa shape index (κ1) is 16.7. The van der Waals surface area contributed by atoms with Gasteiger partial charge in [-0.1, -0.05) is 6.07 Å². The highest BCUT2D eigenvalue weighted by Gasteiger charge is 2.19. The van der Waals surface area contributed by atoms with Crippen LogP contribution < -0.4 is 10.6 Å². The quantitative estimate of drug-likeness (QED) is 0.672. The molecule has 0 unspecified atom stereocenters. The molecule has 1 aromatic heterocycles. The molecule has 1 aliphatic rings. The topological polar surface area (TPSA) is 56.9 Å². The Morgan fingerprint density at radius 3 is 2.81 bits per heavy atom. The van der Waals surface area contributed by atoms with Gasteiger partial charge in [0.25, 0.3) is 5.91 Å². The minimum absolute atomic E-state index is 0.0267. The van der Waals surface area contributed by atoms with Crippen LogP contribution in [0.2, 0.25) is 0 Å². The van der Waals surface area contributed by atoms with Crippen LogP contribution in [0.4, 0.5) is 8.78 Å². The maximum atomic E-state index is 14.6. The number of carbonyl (C=O) groups is 1. The Bertz CT molecular complexity index is 961. The molecule has 4 nitrogen and oxygen atoms in total. The number of carbonyl (C=O) groups excluding carboxylic acids is 1. The summed E-state index contributed by atoms with van der Waals surface area (Å²) in [7, 11) is 0. The molecular weight excluding hydrogens is 336 g/mol. The van der Waals surface area contributed by atoms with E-state index in [4.69, 9.17) is 0 Å². The molecule has 2 aromatic carbocycles. The lowest BCUT2D eigenvalue weighted by atomic mass is 10.0. The number of piperidine rings is 1. The summed E-state index contributed by atoms with van der Waals surface area (Å²) in [4.78, 5) is 15.3. The van der Waals surface area contributed by atoms with Gasteiger partial charge in [-0.25, -0.2) is 8.78 Å². The average molecular weight is 355 g/mol. The molecule has 3 N–H and O–H groups in total. The summed E-state index contributed by atoms with van der Waals surface area (Å²) in [5, 5.41) is 6.90. The van der Waals surface area contributed by atoms with Gasteiger partial charge in [0.1, 0.15) is 11.6 Å². The van der Waals surface area contributed by atoms with E-state index < -0.39 is 11.7 Å². The third-order valence-corrected chi connectivity index (χ3v) is 4.80. The van der Waals surface area contributed by atoms with Crippen LogP contribution in [0.25, 0.3) is 22.0 Å². The van der Waals surface area contributed by atoms with E-state index in [-0.39, 0.29) is 17.4 Å². The van der Waals surface area contributed by atoms with Gasteiger partial charge in [-0.2, -0.15) is 0 Å². The highest BCUT2D eigenvalue weighted by atomic mass is 19.1. The van der Waals surface area contributed by atoms with Crippen molar-refractivity contribution in [2.75, 3.05) is 13.1 Å². The largest absolute Gasteiger partial charge is 0.360 e. The van der Waals surface area contributed by atoms with E-state index in [1.165, 1.54) is 24.3 Å². The van der Waals surface area contributed by atoms with Gasteiger partial charge in [0, 0.05) is 35.2 Å². The molecule has 0 saturated carbocycles. The molecule has 6 heteroatoms. The molecule has 3 aromatic rings. The number of benzene rings is 2. The Labute approximate surface area is 149 Å². The van der Waals surface area contributed by atoms with Gasteiger partial charge in [0.15, 0.2) is 0 Å². The lowest BCUT2D eigenvalue weighted by Crippen LogP contribution is -2.45. The van der Waals surface area contributed by atoms with Crippen molar-refractivity contribution in [2.24, 2.45) is 0 Å². The molecule has 0 radical (unpaired) electrons. The minimum atomic E-state index is -0.569. The van der Waals surface area contributed by atoms with E-state index in [2.05, 4.69) is 15.6 Å². The number of rotatable bonds is 3. The first-order valence-electron chi connectivity index (χ1n) is 8.70. The molecule has 134 valence electrons. The average Bonchev–Trinajstić information content (AvgIpc) is 3.05. The summed E-state index contributed by atoms with van der Waals surface area (Å²) in [5.74, 6) is -1.30. The van der Waals surface area contributed by atoms with Crippen LogP contribution >= 0.6 is 0 Å². The number of hydrogen-bond donors (Lipinski definition) is 3. The van der Waals surface area contributed by atoms with Gasteiger partial charge < -0.3 is 15.6 Å². The fraction of sp³-hybridized carbons (Fsp3) is 0.250. The number of fused-ring (bicyclic) bond motifs is 1. The van der Waals surface area contributed by atoms with Crippen molar-refractivity contribution < 1.29 is 13.6 Å². The van der Waals surface area contributed by atoms with Crippen LogP contribution in [-0.2, 0) is 0 Å². The number of nitrogens with one attached hydrogen (secondary N) is 3. The lowest BCUT2D eigenvalue weighted by molar-refractivity contribution is 0.0926. The van der Waals surface area contributed by atoms with Crippen molar-refractivity contribution in [3.63, 3.8) is 0 Å². The third-order valence-electron chi connectivity index (χ3n) is 4.80.